The lowest BCUT2D eigenvalue weighted by Gasteiger charge is -2.23. The number of carbonyl (C=O) groups is 1. The topological polar surface area (TPSA) is 59.6 Å². The molecule has 0 aliphatic carbocycles. The third kappa shape index (κ3) is 5.65. The molecule has 1 heterocycles. The van der Waals surface area contributed by atoms with Gasteiger partial charge in [-0.2, -0.15) is 0 Å². The second-order valence-corrected chi connectivity index (χ2v) is 3.89. The molecular formula is C10H21ClN2O3. The molecule has 0 aromatic heterocycles. The Morgan fingerprint density at radius 3 is 3.00 bits per heavy atom. The van der Waals surface area contributed by atoms with Gasteiger partial charge in [0.15, 0.2) is 0 Å². The Hall–Kier alpha value is -0.360. The van der Waals surface area contributed by atoms with Crippen molar-refractivity contribution in [2.45, 2.75) is 13.0 Å². The minimum atomic E-state index is -0.200. The van der Waals surface area contributed by atoms with Crippen molar-refractivity contribution in [1.82, 2.24) is 10.6 Å². The quantitative estimate of drug-likeness (QED) is 0.711. The molecule has 1 amide bonds. The van der Waals surface area contributed by atoms with Crippen LogP contribution in [-0.4, -0.2) is 52.0 Å². The van der Waals surface area contributed by atoms with E-state index in [-0.39, 0.29) is 24.4 Å². The molecule has 1 fully saturated rings. The Bertz CT molecular complexity index is 199. The van der Waals surface area contributed by atoms with Crippen molar-refractivity contribution in [3.8, 4) is 0 Å². The van der Waals surface area contributed by atoms with Crippen molar-refractivity contribution in [3.63, 3.8) is 0 Å². The summed E-state index contributed by atoms with van der Waals surface area (Å²) in [6, 6.07) is -0.200. The first-order valence-electron chi connectivity index (χ1n) is 5.31. The monoisotopic (exact) mass is 252 g/mol. The van der Waals surface area contributed by atoms with Gasteiger partial charge < -0.3 is 20.1 Å². The van der Waals surface area contributed by atoms with Crippen molar-refractivity contribution >= 4 is 18.3 Å². The summed E-state index contributed by atoms with van der Waals surface area (Å²) >= 11 is 0. The average Bonchev–Trinajstić information content (AvgIpc) is 2.27. The van der Waals surface area contributed by atoms with Gasteiger partial charge in [0.1, 0.15) is 6.04 Å². The van der Waals surface area contributed by atoms with Gasteiger partial charge in [0.25, 0.3) is 0 Å². The summed E-state index contributed by atoms with van der Waals surface area (Å²) in [5.74, 6) is 0.348. The Balaban J connectivity index is 0.00000225. The lowest BCUT2D eigenvalue weighted by atomic mass is 10.2. The first-order chi connectivity index (χ1) is 7.24. The number of nitrogens with one attached hydrogen (secondary N) is 2. The van der Waals surface area contributed by atoms with E-state index in [1.807, 2.05) is 6.92 Å². The standard InChI is InChI=1S/C10H20N2O3.ClH/c1-8(6-14-2)5-12-10(13)9-7-15-4-3-11-9;/h8-9,11H,3-7H2,1-2H3,(H,12,13);1H. The van der Waals surface area contributed by atoms with Gasteiger partial charge >= 0.3 is 0 Å². The van der Waals surface area contributed by atoms with E-state index >= 15 is 0 Å². The first kappa shape index (κ1) is 15.6. The summed E-state index contributed by atoms with van der Waals surface area (Å²) < 4.78 is 10.2. The van der Waals surface area contributed by atoms with Crippen LogP contribution in [0.2, 0.25) is 0 Å². The third-order valence-electron chi connectivity index (χ3n) is 2.31. The molecule has 96 valence electrons. The molecule has 5 nitrogen and oxygen atoms in total. The van der Waals surface area contributed by atoms with Crippen LogP contribution in [-0.2, 0) is 14.3 Å². The van der Waals surface area contributed by atoms with E-state index < -0.39 is 0 Å². The number of carbonyl (C=O) groups excluding carboxylic acids is 1. The number of ether oxygens (including phenoxy) is 2. The van der Waals surface area contributed by atoms with Crippen LogP contribution in [0.25, 0.3) is 0 Å². The Morgan fingerprint density at radius 2 is 2.44 bits per heavy atom. The zero-order valence-electron chi connectivity index (χ0n) is 9.82. The van der Waals surface area contributed by atoms with E-state index in [2.05, 4.69) is 10.6 Å². The van der Waals surface area contributed by atoms with Crippen LogP contribution >= 0.6 is 12.4 Å². The maximum absolute atomic E-state index is 11.6. The number of hydrogen-bond donors (Lipinski definition) is 2. The molecule has 1 saturated heterocycles. The second-order valence-electron chi connectivity index (χ2n) is 3.89. The molecule has 2 atom stereocenters. The normalized spacial score (nSPS) is 22.0. The van der Waals surface area contributed by atoms with Crippen LogP contribution in [0.15, 0.2) is 0 Å². The first-order valence-corrected chi connectivity index (χ1v) is 5.31. The molecule has 6 heteroatoms. The molecule has 2 N–H and O–H groups in total. The fourth-order valence-electron chi connectivity index (χ4n) is 1.48. The van der Waals surface area contributed by atoms with Crippen molar-refractivity contribution in [3.05, 3.63) is 0 Å². The van der Waals surface area contributed by atoms with E-state index in [9.17, 15) is 4.79 Å². The predicted molar refractivity (Wildman–Crippen MR) is 63.9 cm³/mol. The Morgan fingerprint density at radius 1 is 1.69 bits per heavy atom. The van der Waals surface area contributed by atoms with Crippen molar-refractivity contribution in [2.24, 2.45) is 5.92 Å². The highest BCUT2D eigenvalue weighted by Gasteiger charge is 2.20. The molecule has 0 aromatic rings. The molecule has 0 aromatic carbocycles. The maximum Gasteiger partial charge on any atom is 0.239 e. The van der Waals surface area contributed by atoms with Crippen LogP contribution < -0.4 is 10.6 Å². The van der Waals surface area contributed by atoms with Gasteiger partial charge in [-0.3, -0.25) is 4.79 Å². The van der Waals surface area contributed by atoms with Gasteiger partial charge in [-0.1, -0.05) is 6.92 Å². The highest BCUT2D eigenvalue weighted by molar-refractivity contribution is 5.85. The molecular weight excluding hydrogens is 232 g/mol. The summed E-state index contributed by atoms with van der Waals surface area (Å²) in [7, 11) is 1.66. The zero-order chi connectivity index (χ0) is 11.1. The fraction of sp³-hybridized carbons (Fsp3) is 0.900. The SMILES string of the molecule is COCC(C)CNC(=O)C1COCCN1.Cl. The Labute approximate surface area is 103 Å². The zero-order valence-corrected chi connectivity index (χ0v) is 10.6. The van der Waals surface area contributed by atoms with E-state index in [1.54, 1.807) is 7.11 Å². The van der Waals surface area contributed by atoms with Crippen molar-refractivity contribution < 1.29 is 14.3 Å². The van der Waals surface area contributed by atoms with Crippen LogP contribution in [0.4, 0.5) is 0 Å². The smallest absolute Gasteiger partial charge is 0.239 e. The number of amides is 1. The van der Waals surface area contributed by atoms with Gasteiger partial charge in [-0.15, -0.1) is 12.4 Å². The number of methoxy groups -OCH3 is 1. The summed E-state index contributed by atoms with van der Waals surface area (Å²) in [6.45, 7) is 5.23. The fourth-order valence-corrected chi connectivity index (χ4v) is 1.48. The molecule has 2 unspecified atom stereocenters. The van der Waals surface area contributed by atoms with Crippen molar-refractivity contribution in [2.75, 3.05) is 40.0 Å². The van der Waals surface area contributed by atoms with Gasteiger partial charge in [-0.25, -0.2) is 0 Å². The molecule has 0 saturated carbocycles. The lowest BCUT2D eigenvalue weighted by Crippen LogP contribution is -2.51. The highest BCUT2D eigenvalue weighted by atomic mass is 35.5. The molecule has 1 rings (SSSR count). The maximum atomic E-state index is 11.6. The summed E-state index contributed by atoms with van der Waals surface area (Å²) in [6.07, 6.45) is 0. The van der Waals surface area contributed by atoms with E-state index in [4.69, 9.17) is 9.47 Å². The third-order valence-corrected chi connectivity index (χ3v) is 2.31. The van der Waals surface area contributed by atoms with Crippen LogP contribution in [0.1, 0.15) is 6.92 Å². The number of morpholine rings is 1. The molecule has 0 bridgehead atoms. The predicted octanol–water partition coefficient (Wildman–Crippen LogP) is -0.205. The lowest BCUT2D eigenvalue weighted by molar-refractivity contribution is -0.126. The average molecular weight is 253 g/mol. The van der Waals surface area contributed by atoms with Gasteiger partial charge in [0.05, 0.1) is 19.8 Å². The number of hydrogen-bond acceptors (Lipinski definition) is 4. The molecule has 0 spiro atoms. The Kier molecular flexibility index (Phi) is 8.56. The van der Waals surface area contributed by atoms with E-state index in [1.165, 1.54) is 0 Å². The van der Waals surface area contributed by atoms with E-state index in [0.717, 1.165) is 6.54 Å². The molecule has 1 aliphatic rings. The number of rotatable bonds is 5. The minimum Gasteiger partial charge on any atom is -0.384 e. The van der Waals surface area contributed by atoms with Crippen LogP contribution in [0.5, 0.6) is 0 Å². The second kappa shape index (κ2) is 8.75. The van der Waals surface area contributed by atoms with Gasteiger partial charge in [0.2, 0.25) is 5.91 Å². The summed E-state index contributed by atoms with van der Waals surface area (Å²) in [5, 5.41) is 5.98. The molecule has 1 aliphatic heterocycles. The van der Waals surface area contributed by atoms with Crippen LogP contribution in [0, 0.1) is 5.92 Å². The van der Waals surface area contributed by atoms with E-state index in [0.29, 0.717) is 32.3 Å². The molecule has 16 heavy (non-hydrogen) atoms. The largest absolute Gasteiger partial charge is 0.384 e. The summed E-state index contributed by atoms with van der Waals surface area (Å²) in [4.78, 5) is 11.6. The molecule has 0 radical (unpaired) electrons. The number of halogens is 1. The minimum absolute atomic E-state index is 0. The highest BCUT2D eigenvalue weighted by Crippen LogP contribution is 1.95. The van der Waals surface area contributed by atoms with Gasteiger partial charge in [-0.05, 0) is 5.92 Å². The summed E-state index contributed by atoms with van der Waals surface area (Å²) in [5.41, 5.74) is 0. The van der Waals surface area contributed by atoms with Crippen LogP contribution in [0.3, 0.4) is 0 Å². The van der Waals surface area contributed by atoms with Gasteiger partial charge in [0, 0.05) is 20.2 Å². The van der Waals surface area contributed by atoms with Crippen molar-refractivity contribution in [1.29, 1.82) is 0 Å².